The van der Waals surface area contributed by atoms with E-state index in [4.69, 9.17) is 13.6 Å². The van der Waals surface area contributed by atoms with E-state index >= 15 is 0 Å². The van der Waals surface area contributed by atoms with Crippen LogP contribution in [0.4, 0.5) is 0 Å². The molecule has 0 aliphatic carbocycles. The third-order valence-electron chi connectivity index (χ3n) is 5.69. The molecule has 2 atom stereocenters. The molecule has 0 aromatic heterocycles. The largest absolute Gasteiger partial charge is 0.426 e. The molecule has 0 aliphatic rings. The number of benzene rings is 1. The maximum Gasteiger partial charge on any atom is 0.397 e. The van der Waals surface area contributed by atoms with Crippen LogP contribution in [-0.2, 0) is 9.05 Å². The van der Waals surface area contributed by atoms with E-state index in [1.807, 2.05) is 0 Å². The van der Waals surface area contributed by atoms with E-state index < -0.39 is 8.60 Å². The summed E-state index contributed by atoms with van der Waals surface area (Å²) in [5.74, 6) is 2.08. The van der Waals surface area contributed by atoms with E-state index in [1.54, 1.807) is 0 Å². The summed E-state index contributed by atoms with van der Waals surface area (Å²) in [7, 11) is -1.39. The first-order chi connectivity index (χ1) is 13.9. The highest BCUT2D eigenvalue weighted by atomic mass is 31.2. The van der Waals surface area contributed by atoms with E-state index in [0.29, 0.717) is 11.8 Å². The maximum absolute atomic E-state index is 6.35. The fourth-order valence-electron chi connectivity index (χ4n) is 3.60. The molecule has 0 fully saturated rings. The first-order valence-electron chi connectivity index (χ1n) is 11.8. The Bertz CT molecular complexity index is 518. The second-order valence-corrected chi connectivity index (χ2v) is 9.61. The van der Waals surface area contributed by atoms with Gasteiger partial charge in [-0.25, -0.2) is 0 Å². The molecular weight excluding hydrogens is 379 g/mol. The van der Waals surface area contributed by atoms with Crippen LogP contribution in [0.15, 0.2) is 12.1 Å². The topological polar surface area (TPSA) is 27.7 Å². The number of unbranched alkanes of at least 4 members (excludes halogenated alkanes) is 2. The standard InChI is InChI=1S/C25H45O3P/c1-8-12-14-23(10-3)18-26-29(27-19-24(11-4)15-13-9-2)28-25-21(6)16-20(5)17-22(25)7/h16-17,23-24H,8-15,18-19H2,1-7H3. The molecular formula is C25H45O3P. The highest BCUT2D eigenvalue weighted by Crippen LogP contribution is 2.44. The summed E-state index contributed by atoms with van der Waals surface area (Å²) in [6.45, 7) is 16.8. The zero-order valence-corrected chi connectivity index (χ0v) is 20.9. The number of hydrogen-bond donors (Lipinski definition) is 0. The second-order valence-electron chi connectivity index (χ2n) is 8.47. The van der Waals surface area contributed by atoms with Crippen molar-refractivity contribution in [3.8, 4) is 5.75 Å². The second kappa shape index (κ2) is 15.2. The monoisotopic (exact) mass is 424 g/mol. The molecule has 29 heavy (non-hydrogen) atoms. The van der Waals surface area contributed by atoms with E-state index in [0.717, 1.165) is 42.9 Å². The maximum atomic E-state index is 6.35. The van der Waals surface area contributed by atoms with Crippen molar-refractivity contribution < 1.29 is 13.6 Å². The van der Waals surface area contributed by atoms with Crippen molar-refractivity contribution in [2.24, 2.45) is 11.8 Å². The van der Waals surface area contributed by atoms with Crippen LogP contribution in [-0.4, -0.2) is 13.2 Å². The summed E-state index contributed by atoms with van der Waals surface area (Å²) >= 11 is 0. The van der Waals surface area contributed by atoms with Crippen LogP contribution >= 0.6 is 8.60 Å². The minimum absolute atomic E-state index is 0.578. The molecule has 2 unspecified atom stereocenters. The lowest BCUT2D eigenvalue weighted by molar-refractivity contribution is 0.151. The molecule has 1 rings (SSSR count). The zero-order valence-electron chi connectivity index (χ0n) is 20.1. The van der Waals surface area contributed by atoms with Gasteiger partial charge in [-0.3, -0.25) is 0 Å². The first-order valence-corrected chi connectivity index (χ1v) is 12.9. The van der Waals surface area contributed by atoms with E-state index in [2.05, 4.69) is 60.6 Å². The van der Waals surface area contributed by atoms with Gasteiger partial charge in [0.05, 0.1) is 13.2 Å². The Labute approximate surface area is 181 Å². The summed E-state index contributed by atoms with van der Waals surface area (Å²) in [4.78, 5) is 0. The summed E-state index contributed by atoms with van der Waals surface area (Å²) in [5.41, 5.74) is 3.56. The van der Waals surface area contributed by atoms with Crippen LogP contribution in [0, 0.1) is 32.6 Å². The van der Waals surface area contributed by atoms with Gasteiger partial charge in [0.2, 0.25) is 0 Å². The summed E-state index contributed by atoms with van der Waals surface area (Å²) in [6.07, 6.45) is 9.68. The SMILES string of the molecule is CCCCC(CC)COP(OCC(CC)CCCC)Oc1c(C)cc(C)cc1C. The van der Waals surface area contributed by atoms with E-state index in [-0.39, 0.29) is 0 Å². The highest BCUT2D eigenvalue weighted by Gasteiger charge is 2.21. The Morgan fingerprint density at radius 1 is 0.759 bits per heavy atom. The molecule has 1 aromatic carbocycles. The number of hydrogen-bond acceptors (Lipinski definition) is 3. The van der Waals surface area contributed by atoms with Crippen LogP contribution in [0.5, 0.6) is 5.75 Å². The highest BCUT2D eigenvalue weighted by molar-refractivity contribution is 7.42. The fraction of sp³-hybridized carbons (Fsp3) is 0.760. The molecule has 1 aromatic rings. The Balaban J connectivity index is 2.81. The normalized spacial score (nSPS) is 14.6. The predicted octanol–water partition coefficient (Wildman–Crippen LogP) is 8.68. The zero-order chi connectivity index (χ0) is 21.6. The molecule has 0 amide bonds. The lowest BCUT2D eigenvalue weighted by atomic mass is 10.0. The van der Waals surface area contributed by atoms with Crippen molar-refractivity contribution in [3.63, 3.8) is 0 Å². The fourth-order valence-corrected chi connectivity index (χ4v) is 4.89. The molecule has 0 spiro atoms. The van der Waals surface area contributed by atoms with Crippen LogP contribution in [0.25, 0.3) is 0 Å². The molecule has 0 aliphatic heterocycles. The van der Waals surface area contributed by atoms with Crippen molar-refractivity contribution in [3.05, 3.63) is 28.8 Å². The summed E-state index contributed by atoms with van der Waals surface area (Å²) in [6, 6.07) is 4.34. The predicted molar refractivity (Wildman–Crippen MR) is 127 cm³/mol. The third kappa shape index (κ3) is 10.3. The van der Waals surface area contributed by atoms with Crippen molar-refractivity contribution in [2.75, 3.05) is 13.2 Å². The minimum atomic E-state index is -1.39. The third-order valence-corrected chi connectivity index (χ3v) is 6.74. The molecule has 0 radical (unpaired) electrons. The van der Waals surface area contributed by atoms with Crippen molar-refractivity contribution >= 4 is 8.60 Å². The van der Waals surface area contributed by atoms with Gasteiger partial charge in [0, 0.05) is 0 Å². The Hall–Kier alpha value is -0.630. The molecule has 168 valence electrons. The van der Waals surface area contributed by atoms with Gasteiger partial charge in [0.25, 0.3) is 0 Å². The van der Waals surface area contributed by atoms with Crippen molar-refractivity contribution in [1.29, 1.82) is 0 Å². The van der Waals surface area contributed by atoms with Crippen molar-refractivity contribution in [2.45, 2.75) is 99.8 Å². The minimum Gasteiger partial charge on any atom is -0.426 e. The van der Waals surface area contributed by atoms with Gasteiger partial charge in [0.1, 0.15) is 5.75 Å². The Morgan fingerprint density at radius 2 is 1.21 bits per heavy atom. The molecule has 0 saturated heterocycles. The van der Waals surface area contributed by atoms with Crippen LogP contribution in [0.2, 0.25) is 0 Å². The summed E-state index contributed by atoms with van der Waals surface area (Å²) < 4.78 is 18.9. The van der Waals surface area contributed by atoms with Gasteiger partial charge < -0.3 is 13.6 Å². The lowest BCUT2D eigenvalue weighted by Crippen LogP contribution is -2.12. The Kier molecular flexibility index (Phi) is 13.9. The average Bonchev–Trinajstić information content (AvgIpc) is 2.69. The van der Waals surface area contributed by atoms with Crippen LogP contribution < -0.4 is 4.52 Å². The lowest BCUT2D eigenvalue weighted by Gasteiger charge is -2.24. The summed E-state index contributed by atoms with van der Waals surface area (Å²) in [5, 5.41) is 0. The Morgan fingerprint density at radius 3 is 1.59 bits per heavy atom. The van der Waals surface area contributed by atoms with Gasteiger partial charge in [-0.15, -0.1) is 0 Å². The number of rotatable bonds is 16. The molecule has 4 heteroatoms. The van der Waals surface area contributed by atoms with Crippen LogP contribution in [0.1, 0.15) is 95.8 Å². The van der Waals surface area contributed by atoms with E-state index in [1.165, 1.54) is 44.1 Å². The van der Waals surface area contributed by atoms with Gasteiger partial charge in [-0.1, -0.05) is 83.9 Å². The van der Waals surface area contributed by atoms with Gasteiger partial charge in [-0.2, -0.15) is 0 Å². The number of aryl methyl sites for hydroxylation is 3. The average molecular weight is 425 g/mol. The first kappa shape index (κ1) is 26.4. The van der Waals surface area contributed by atoms with Gasteiger partial charge in [0.15, 0.2) is 0 Å². The smallest absolute Gasteiger partial charge is 0.397 e. The molecule has 0 N–H and O–H groups in total. The quantitative estimate of drug-likeness (QED) is 0.248. The van der Waals surface area contributed by atoms with Crippen molar-refractivity contribution in [1.82, 2.24) is 0 Å². The molecule has 0 heterocycles. The molecule has 3 nitrogen and oxygen atoms in total. The van der Waals surface area contributed by atoms with Crippen LogP contribution in [0.3, 0.4) is 0 Å². The van der Waals surface area contributed by atoms with E-state index in [9.17, 15) is 0 Å². The van der Waals surface area contributed by atoms with Gasteiger partial charge >= 0.3 is 8.60 Å². The molecule has 0 bridgehead atoms. The molecule has 0 saturated carbocycles. The van der Waals surface area contributed by atoms with Gasteiger partial charge in [-0.05, 0) is 56.6 Å².